The molecule has 1 aromatic heterocycles. The van der Waals surface area contributed by atoms with Crippen LogP contribution in [-0.2, 0) is 4.79 Å². The van der Waals surface area contributed by atoms with Gasteiger partial charge in [-0.25, -0.2) is 4.98 Å². The first kappa shape index (κ1) is 14.4. The standard InChI is InChI=1S/C9H9F5N2O2/c1-4-3-15-6(18-4)5(2)16-7(17)8(10,11)9(12,13)14/h3,5H,1-2H3,(H,16,17). The molecule has 1 rings (SSSR count). The van der Waals surface area contributed by atoms with Crippen LogP contribution in [0, 0.1) is 6.92 Å². The number of nitrogens with one attached hydrogen (secondary N) is 1. The van der Waals surface area contributed by atoms with Crippen LogP contribution in [0.3, 0.4) is 0 Å². The molecule has 4 nitrogen and oxygen atoms in total. The Hall–Kier alpha value is -1.67. The third-order valence-corrected chi connectivity index (χ3v) is 2.00. The maximum Gasteiger partial charge on any atom is 0.463 e. The van der Waals surface area contributed by atoms with Crippen molar-refractivity contribution in [2.24, 2.45) is 0 Å². The number of amides is 1. The molecule has 1 N–H and O–H groups in total. The SMILES string of the molecule is Cc1cnc(C(C)NC(=O)C(F)(F)C(F)(F)F)o1. The van der Waals surface area contributed by atoms with Gasteiger partial charge in [0.1, 0.15) is 11.8 Å². The number of rotatable bonds is 3. The molecule has 1 unspecified atom stereocenters. The normalized spacial score (nSPS) is 14.4. The zero-order valence-corrected chi connectivity index (χ0v) is 9.31. The van der Waals surface area contributed by atoms with Gasteiger partial charge in [0, 0.05) is 0 Å². The Balaban J connectivity index is 2.77. The average Bonchev–Trinajstić information content (AvgIpc) is 2.62. The number of nitrogens with zero attached hydrogens (tertiary/aromatic N) is 1. The number of hydrogen-bond donors (Lipinski definition) is 1. The van der Waals surface area contributed by atoms with E-state index in [0.717, 1.165) is 0 Å². The van der Waals surface area contributed by atoms with Crippen molar-refractivity contribution in [1.82, 2.24) is 10.3 Å². The van der Waals surface area contributed by atoms with E-state index >= 15 is 0 Å². The second kappa shape index (κ2) is 4.54. The summed E-state index contributed by atoms with van der Waals surface area (Å²) < 4.78 is 65.8. The van der Waals surface area contributed by atoms with E-state index in [1.807, 2.05) is 0 Å². The van der Waals surface area contributed by atoms with Gasteiger partial charge in [0.25, 0.3) is 0 Å². The van der Waals surface area contributed by atoms with E-state index in [9.17, 15) is 26.7 Å². The van der Waals surface area contributed by atoms with E-state index in [2.05, 4.69) is 4.98 Å². The highest BCUT2D eigenvalue weighted by molar-refractivity contribution is 5.84. The van der Waals surface area contributed by atoms with Crippen molar-refractivity contribution in [3.63, 3.8) is 0 Å². The highest BCUT2D eigenvalue weighted by atomic mass is 19.4. The Morgan fingerprint density at radius 2 is 1.94 bits per heavy atom. The van der Waals surface area contributed by atoms with Gasteiger partial charge in [0.05, 0.1) is 6.20 Å². The van der Waals surface area contributed by atoms with Gasteiger partial charge in [-0.15, -0.1) is 0 Å². The molecule has 18 heavy (non-hydrogen) atoms. The molecule has 0 spiro atoms. The summed E-state index contributed by atoms with van der Waals surface area (Å²) in [5.41, 5.74) is 0. The molecule has 0 aliphatic carbocycles. The smallest absolute Gasteiger partial charge is 0.444 e. The van der Waals surface area contributed by atoms with Crippen LogP contribution < -0.4 is 5.32 Å². The van der Waals surface area contributed by atoms with Crippen LogP contribution in [0.5, 0.6) is 0 Å². The van der Waals surface area contributed by atoms with Gasteiger partial charge < -0.3 is 9.73 Å². The zero-order valence-electron chi connectivity index (χ0n) is 9.31. The minimum absolute atomic E-state index is 0.154. The minimum Gasteiger partial charge on any atom is -0.444 e. The maximum absolute atomic E-state index is 12.6. The Labute approximate surface area is 98.2 Å². The first-order valence-electron chi connectivity index (χ1n) is 4.73. The zero-order chi connectivity index (χ0) is 14.1. The fraction of sp³-hybridized carbons (Fsp3) is 0.556. The van der Waals surface area contributed by atoms with Crippen molar-refractivity contribution in [2.45, 2.75) is 32.0 Å². The van der Waals surface area contributed by atoms with Gasteiger partial charge in [-0.1, -0.05) is 0 Å². The van der Waals surface area contributed by atoms with E-state index in [0.29, 0.717) is 5.76 Å². The van der Waals surface area contributed by atoms with Gasteiger partial charge in [0.2, 0.25) is 5.89 Å². The van der Waals surface area contributed by atoms with Gasteiger partial charge in [0.15, 0.2) is 0 Å². The van der Waals surface area contributed by atoms with E-state index in [1.165, 1.54) is 25.4 Å². The molecule has 1 heterocycles. The average molecular weight is 272 g/mol. The first-order valence-corrected chi connectivity index (χ1v) is 4.73. The first-order chi connectivity index (χ1) is 8.05. The van der Waals surface area contributed by atoms with Crippen molar-refractivity contribution in [2.75, 3.05) is 0 Å². The molecule has 1 atom stereocenters. The molecule has 0 aliphatic rings. The molecular formula is C9H9F5N2O2. The number of alkyl halides is 5. The summed E-state index contributed by atoms with van der Waals surface area (Å²) in [6.07, 6.45) is -4.69. The fourth-order valence-corrected chi connectivity index (χ4v) is 1.05. The lowest BCUT2D eigenvalue weighted by atomic mass is 10.2. The lowest BCUT2D eigenvalue weighted by Crippen LogP contribution is -2.50. The molecule has 102 valence electrons. The number of aromatic nitrogens is 1. The van der Waals surface area contributed by atoms with Crippen LogP contribution >= 0.6 is 0 Å². The summed E-state index contributed by atoms with van der Waals surface area (Å²) in [6, 6.07) is -1.19. The molecule has 0 bridgehead atoms. The van der Waals surface area contributed by atoms with Crippen molar-refractivity contribution < 1.29 is 31.2 Å². The molecule has 0 aliphatic heterocycles. The summed E-state index contributed by atoms with van der Waals surface area (Å²) >= 11 is 0. The Bertz CT molecular complexity index is 440. The van der Waals surface area contributed by atoms with Crippen molar-refractivity contribution >= 4 is 5.91 Å². The molecule has 1 aromatic rings. The van der Waals surface area contributed by atoms with Crippen LogP contribution in [0.25, 0.3) is 0 Å². The largest absolute Gasteiger partial charge is 0.463 e. The number of carbonyl (C=O) groups is 1. The summed E-state index contributed by atoms with van der Waals surface area (Å²) in [4.78, 5) is 14.5. The molecule has 0 saturated carbocycles. The van der Waals surface area contributed by atoms with Gasteiger partial charge in [-0.3, -0.25) is 4.79 Å². The van der Waals surface area contributed by atoms with Gasteiger partial charge in [-0.05, 0) is 13.8 Å². The van der Waals surface area contributed by atoms with Gasteiger partial charge in [-0.2, -0.15) is 22.0 Å². The summed E-state index contributed by atoms with van der Waals surface area (Å²) in [7, 11) is 0. The minimum atomic E-state index is -5.94. The predicted octanol–water partition coefficient (Wildman–Crippen LogP) is 2.36. The Morgan fingerprint density at radius 1 is 1.39 bits per heavy atom. The predicted molar refractivity (Wildman–Crippen MR) is 48.8 cm³/mol. The highest BCUT2D eigenvalue weighted by Gasteiger charge is 2.63. The number of hydrogen-bond acceptors (Lipinski definition) is 3. The number of halogens is 5. The third kappa shape index (κ3) is 2.77. The van der Waals surface area contributed by atoms with E-state index < -0.39 is 24.0 Å². The van der Waals surface area contributed by atoms with Crippen molar-refractivity contribution in [3.8, 4) is 0 Å². The Morgan fingerprint density at radius 3 is 2.33 bits per heavy atom. The van der Waals surface area contributed by atoms with Crippen LogP contribution in [0.4, 0.5) is 22.0 Å². The molecule has 9 heteroatoms. The topological polar surface area (TPSA) is 55.1 Å². The second-order valence-electron chi connectivity index (χ2n) is 3.58. The monoisotopic (exact) mass is 272 g/mol. The van der Waals surface area contributed by atoms with Crippen molar-refractivity contribution in [1.29, 1.82) is 0 Å². The lowest BCUT2D eigenvalue weighted by Gasteiger charge is -2.20. The van der Waals surface area contributed by atoms with Crippen LogP contribution in [0.1, 0.15) is 24.6 Å². The number of aryl methyl sites for hydroxylation is 1. The second-order valence-corrected chi connectivity index (χ2v) is 3.58. The summed E-state index contributed by atoms with van der Waals surface area (Å²) in [5.74, 6) is -7.71. The third-order valence-electron chi connectivity index (χ3n) is 2.00. The number of carbonyl (C=O) groups excluding carboxylic acids is 1. The van der Waals surface area contributed by atoms with E-state index in [1.54, 1.807) is 0 Å². The summed E-state index contributed by atoms with van der Waals surface area (Å²) in [6.45, 7) is 2.69. The van der Waals surface area contributed by atoms with Crippen LogP contribution in [0.15, 0.2) is 10.6 Å². The molecule has 0 saturated heterocycles. The van der Waals surface area contributed by atoms with Crippen LogP contribution in [0.2, 0.25) is 0 Å². The van der Waals surface area contributed by atoms with Crippen LogP contribution in [-0.4, -0.2) is 23.0 Å². The number of oxazole rings is 1. The Kier molecular flexibility index (Phi) is 3.63. The lowest BCUT2D eigenvalue weighted by molar-refractivity contribution is -0.270. The van der Waals surface area contributed by atoms with E-state index in [-0.39, 0.29) is 5.89 Å². The van der Waals surface area contributed by atoms with Crippen molar-refractivity contribution in [3.05, 3.63) is 17.8 Å². The maximum atomic E-state index is 12.6. The van der Waals surface area contributed by atoms with Gasteiger partial charge >= 0.3 is 18.0 Å². The molecular weight excluding hydrogens is 263 g/mol. The molecule has 0 radical (unpaired) electrons. The quantitative estimate of drug-likeness (QED) is 0.859. The molecule has 0 aromatic carbocycles. The highest BCUT2D eigenvalue weighted by Crippen LogP contribution is 2.35. The molecule has 1 amide bonds. The fourth-order valence-electron chi connectivity index (χ4n) is 1.05. The molecule has 0 fully saturated rings. The summed E-state index contributed by atoms with van der Waals surface area (Å²) in [5, 5.41) is 1.49. The van der Waals surface area contributed by atoms with E-state index in [4.69, 9.17) is 4.42 Å².